The van der Waals surface area contributed by atoms with Crippen molar-refractivity contribution in [1.82, 2.24) is 9.88 Å². The molecule has 1 saturated heterocycles. The second-order valence-corrected chi connectivity index (χ2v) is 6.34. The van der Waals surface area contributed by atoms with Crippen LogP contribution in [0.3, 0.4) is 0 Å². The van der Waals surface area contributed by atoms with E-state index in [-0.39, 0.29) is 17.8 Å². The van der Waals surface area contributed by atoms with Gasteiger partial charge in [0.05, 0.1) is 12.1 Å². The van der Waals surface area contributed by atoms with E-state index in [0.29, 0.717) is 30.7 Å². The van der Waals surface area contributed by atoms with Gasteiger partial charge in [-0.2, -0.15) is 10.5 Å². The maximum absolute atomic E-state index is 12.5. The minimum absolute atomic E-state index is 0.188. The van der Waals surface area contributed by atoms with E-state index in [4.69, 9.17) is 21.0 Å². The van der Waals surface area contributed by atoms with Gasteiger partial charge in [-0.25, -0.2) is 4.98 Å². The zero-order valence-electron chi connectivity index (χ0n) is 14.7. The third kappa shape index (κ3) is 4.22. The van der Waals surface area contributed by atoms with E-state index >= 15 is 0 Å². The normalized spacial score (nSPS) is 17.0. The molecule has 2 aromatic rings. The van der Waals surface area contributed by atoms with Crippen LogP contribution < -0.4 is 10.5 Å². The molecule has 0 aliphatic carbocycles. The molecule has 1 aromatic heterocycles. The van der Waals surface area contributed by atoms with Crippen molar-refractivity contribution in [2.24, 2.45) is 5.73 Å². The van der Waals surface area contributed by atoms with Crippen LogP contribution in [-0.4, -0.2) is 34.4 Å². The third-order valence-electron chi connectivity index (χ3n) is 4.49. The Morgan fingerprint density at radius 1 is 1.33 bits per heavy atom. The number of likely N-dealkylation sites (tertiary alicyclic amines) is 1. The fourth-order valence-corrected chi connectivity index (χ4v) is 3.08. The maximum Gasteiger partial charge on any atom is 0.240 e. The van der Waals surface area contributed by atoms with Crippen molar-refractivity contribution >= 4 is 5.91 Å². The lowest BCUT2D eigenvalue weighted by Gasteiger charge is -2.23. The molecular weight excluding hydrogens is 342 g/mol. The first-order chi connectivity index (χ1) is 13.1. The molecule has 7 heteroatoms. The molecule has 0 saturated carbocycles. The van der Waals surface area contributed by atoms with E-state index in [1.165, 1.54) is 0 Å². The molecule has 2 N–H and O–H groups in total. The van der Waals surface area contributed by atoms with Crippen molar-refractivity contribution in [3.8, 4) is 23.8 Å². The van der Waals surface area contributed by atoms with E-state index in [9.17, 15) is 4.79 Å². The van der Waals surface area contributed by atoms with Gasteiger partial charge in [-0.1, -0.05) is 12.1 Å². The number of pyridine rings is 1. The molecule has 1 aliphatic heterocycles. The van der Waals surface area contributed by atoms with Gasteiger partial charge in [0.15, 0.2) is 0 Å². The summed E-state index contributed by atoms with van der Waals surface area (Å²) < 4.78 is 5.64. The van der Waals surface area contributed by atoms with Gasteiger partial charge >= 0.3 is 0 Å². The van der Waals surface area contributed by atoms with Crippen LogP contribution in [0.5, 0.6) is 11.6 Å². The smallest absolute Gasteiger partial charge is 0.240 e. The lowest BCUT2D eigenvalue weighted by molar-refractivity contribution is -0.132. The number of rotatable bonds is 5. The van der Waals surface area contributed by atoms with Gasteiger partial charge in [-0.05, 0) is 49.1 Å². The Labute approximate surface area is 157 Å². The number of nitrogens with zero attached hydrogens (tertiary/aromatic N) is 4. The Morgan fingerprint density at radius 2 is 2.11 bits per heavy atom. The first-order valence-electron chi connectivity index (χ1n) is 8.70. The van der Waals surface area contributed by atoms with Crippen LogP contribution in [0.2, 0.25) is 0 Å². The number of amides is 1. The highest BCUT2D eigenvalue weighted by atomic mass is 16.5. The molecule has 1 fully saturated rings. The highest BCUT2D eigenvalue weighted by Crippen LogP contribution is 2.23. The summed E-state index contributed by atoms with van der Waals surface area (Å²) >= 11 is 0. The number of benzene rings is 1. The second kappa shape index (κ2) is 8.31. The second-order valence-electron chi connectivity index (χ2n) is 6.34. The standard InChI is InChI=1S/C20H19N5O2/c21-12-15-3-1-9-24-19(15)27-17-7-5-14(6-8-17)11-18(23)20(26)25-10-2-4-16(25)13-22/h1,3,5-9,16,18H,2,4,10-11,23H2/t16-,18-/m0/s1. The molecule has 0 bridgehead atoms. The van der Waals surface area contributed by atoms with E-state index < -0.39 is 6.04 Å². The first-order valence-corrected chi connectivity index (χ1v) is 8.70. The Bertz CT molecular complexity index is 898. The zero-order chi connectivity index (χ0) is 19.2. The molecular formula is C20H19N5O2. The van der Waals surface area contributed by atoms with Gasteiger partial charge in [-0.3, -0.25) is 4.79 Å². The highest BCUT2D eigenvalue weighted by molar-refractivity contribution is 5.82. The van der Waals surface area contributed by atoms with Crippen molar-refractivity contribution < 1.29 is 9.53 Å². The number of hydrogen-bond acceptors (Lipinski definition) is 6. The summed E-state index contributed by atoms with van der Waals surface area (Å²) in [6, 6.07) is 13.6. The third-order valence-corrected chi connectivity index (χ3v) is 4.49. The number of ether oxygens (including phenoxy) is 1. The molecule has 7 nitrogen and oxygen atoms in total. The molecule has 1 aromatic carbocycles. The van der Waals surface area contributed by atoms with E-state index in [0.717, 1.165) is 12.0 Å². The molecule has 2 atom stereocenters. The van der Waals surface area contributed by atoms with Crippen molar-refractivity contribution in [2.75, 3.05) is 6.54 Å². The van der Waals surface area contributed by atoms with E-state index in [1.807, 2.05) is 18.2 Å². The van der Waals surface area contributed by atoms with Crippen molar-refractivity contribution in [1.29, 1.82) is 10.5 Å². The minimum Gasteiger partial charge on any atom is -0.438 e. The fraction of sp³-hybridized carbons (Fsp3) is 0.300. The summed E-state index contributed by atoms with van der Waals surface area (Å²) in [5.74, 6) is 0.598. The molecule has 27 heavy (non-hydrogen) atoms. The first kappa shape index (κ1) is 18.4. The van der Waals surface area contributed by atoms with Crippen LogP contribution in [0.15, 0.2) is 42.6 Å². The molecule has 0 unspecified atom stereocenters. The van der Waals surface area contributed by atoms with Crippen molar-refractivity contribution in [3.63, 3.8) is 0 Å². The summed E-state index contributed by atoms with van der Waals surface area (Å²) in [7, 11) is 0. The number of aromatic nitrogens is 1. The number of carbonyl (C=O) groups is 1. The van der Waals surface area contributed by atoms with Gasteiger partial charge < -0.3 is 15.4 Å². The van der Waals surface area contributed by atoms with Gasteiger partial charge in [-0.15, -0.1) is 0 Å². The highest BCUT2D eigenvalue weighted by Gasteiger charge is 2.31. The predicted octanol–water partition coefficient (Wildman–Crippen LogP) is 2.13. The molecule has 3 rings (SSSR count). The van der Waals surface area contributed by atoms with E-state index in [1.54, 1.807) is 35.4 Å². The SMILES string of the molecule is N#Cc1cccnc1Oc1ccc(C[C@H](N)C(=O)N2CCC[C@H]2C#N)cc1. The van der Waals surface area contributed by atoms with Crippen LogP contribution >= 0.6 is 0 Å². The summed E-state index contributed by atoms with van der Waals surface area (Å²) in [5, 5.41) is 18.2. The lowest BCUT2D eigenvalue weighted by Crippen LogP contribution is -2.46. The van der Waals surface area contributed by atoms with Gasteiger partial charge in [0.25, 0.3) is 0 Å². The Hall–Kier alpha value is -3.42. The summed E-state index contributed by atoms with van der Waals surface area (Å²) in [6.45, 7) is 0.586. The summed E-state index contributed by atoms with van der Waals surface area (Å²) in [5.41, 5.74) is 7.31. The number of nitrogens with two attached hydrogens (primary N) is 1. The average Bonchev–Trinajstić information content (AvgIpc) is 3.18. The maximum atomic E-state index is 12.5. The van der Waals surface area contributed by atoms with Gasteiger partial charge in [0.2, 0.25) is 11.8 Å². The number of nitriles is 2. The lowest BCUT2D eigenvalue weighted by atomic mass is 10.0. The van der Waals surface area contributed by atoms with E-state index in [2.05, 4.69) is 11.1 Å². The summed E-state index contributed by atoms with van der Waals surface area (Å²) in [4.78, 5) is 18.1. The average molecular weight is 361 g/mol. The Kier molecular flexibility index (Phi) is 5.65. The topological polar surface area (TPSA) is 116 Å². The van der Waals surface area contributed by atoms with Crippen LogP contribution in [0.25, 0.3) is 0 Å². The predicted molar refractivity (Wildman–Crippen MR) is 97.5 cm³/mol. The van der Waals surface area contributed by atoms with Crippen LogP contribution in [-0.2, 0) is 11.2 Å². The van der Waals surface area contributed by atoms with Crippen molar-refractivity contribution in [3.05, 3.63) is 53.7 Å². The fourth-order valence-electron chi connectivity index (χ4n) is 3.08. The van der Waals surface area contributed by atoms with Gasteiger partial charge in [0.1, 0.15) is 23.4 Å². The number of carbonyl (C=O) groups excluding carboxylic acids is 1. The Morgan fingerprint density at radius 3 is 2.81 bits per heavy atom. The monoisotopic (exact) mass is 361 g/mol. The minimum atomic E-state index is -0.688. The van der Waals surface area contributed by atoms with Crippen LogP contribution in [0.1, 0.15) is 24.0 Å². The largest absolute Gasteiger partial charge is 0.438 e. The van der Waals surface area contributed by atoms with Crippen LogP contribution in [0, 0.1) is 22.7 Å². The molecule has 1 amide bonds. The molecule has 1 aliphatic rings. The summed E-state index contributed by atoms with van der Waals surface area (Å²) in [6.07, 6.45) is 3.48. The van der Waals surface area contributed by atoms with Gasteiger partial charge in [0, 0.05) is 12.7 Å². The quantitative estimate of drug-likeness (QED) is 0.872. The zero-order valence-corrected chi connectivity index (χ0v) is 14.7. The van der Waals surface area contributed by atoms with Crippen molar-refractivity contribution in [2.45, 2.75) is 31.3 Å². The number of hydrogen-bond donors (Lipinski definition) is 1. The Balaban J connectivity index is 1.63. The molecule has 136 valence electrons. The molecule has 0 radical (unpaired) electrons. The molecule has 0 spiro atoms. The molecule has 2 heterocycles. The van der Waals surface area contributed by atoms with Crippen LogP contribution in [0.4, 0.5) is 0 Å².